The molecule has 0 N–H and O–H groups in total. The molecule has 3 rings (SSSR count). The van der Waals surface area contributed by atoms with Crippen LogP contribution in [0.15, 0.2) is 54.6 Å². The van der Waals surface area contributed by atoms with Gasteiger partial charge in [-0.2, -0.15) is 0 Å². The van der Waals surface area contributed by atoms with Gasteiger partial charge in [0.2, 0.25) is 5.91 Å². The van der Waals surface area contributed by atoms with Crippen molar-refractivity contribution < 1.29 is 14.3 Å². The molecule has 32 heavy (non-hydrogen) atoms. The molecule has 1 fully saturated rings. The van der Waals surface area contributed by atoms with Gasteiger partial charge in [0, 0.05) is 13.6 Å². The Kier molecular flexibility index (Phi) is 10.7. The third-order valence-corrected chi connectivity index (χ3v) is 5.99. The van der Waals surface area contributed by atoms with Gasteiger partial charge in [-0.25, -0.2) is 4.79 Å². The van der Waals surface area contributed by atoms with Crippen LogP contribution in [0.4, 0.5) is 0 Å². The van der Waals surface area contributed by atoms with Crippen LogP contribution in [-0.2, 0) is 16.0 Å². The van der Waals surface area contributed by atoms with Crippen molar-refractivity contribution in [1.29, 1.82) is 0 Å². The number of amides is 1. The summed E-state index contributed by atoms with van der Waals surface area (Å²) >= 11 is 0. The van der Waals surface area contributed by atoms with E-state index in [1.807, 2.05) is 48.3 Å². The van der Waals surface area contributed by atoms with E-state index in [0.29, 0.717) is 17.7 Å². The van der Waals surface area contributed by atoms with Crippen molar-refractivity contribution in [3.8, 4) is 0 Å². The van der Waals surface area contributed by atoms with E-state index in [0.717, 1.165) is 38.0 Å². The molecule has 6 heteroatoms. The van der Waals surface area contributed by atoms with Crippen LogP contribution in [-0.4, -0.2) is 55.0 Å². The van der Waals surface area contributed by atoms with E-state index in [1.165, 1.54) is 12.8 Å². The van der Waals surface area contributed by atoms with Gasteiger partial charge in [-0.1, -0.05) is 61.9 Å². The Bertz CT molecular complexity index is 853. The van der Waals surface area contributed by atoms with Crippen LogP contribution in [0.1, 0.15) is 60.1 Å². The highest BCUT2D eigenvalue weighted by Gasteiger charge is 2.26. The molecule has 5 nitrogen and oxygen atoms in total. The van der Waals surface area contributed by atoms with Crippen LogP contribution >= 0.6 is 12.4 Å². The van der Waals surface area contributed by atoms with E-state index in [1.54, 1.807) is 6.07 Å². The Hall–Kier alpha value is -2.37. The van der Waals surface area contributed by atoms with E-state index in [-0.39, 0.29) is 36.7 Å². The van der Waals surface area contributed by atoms with Gasteiger partial charge in [0.25, 0.3) is 0 Å². The highest BCUT2D eigenvalue weighted by molar-refractivity contribution is 5.93. The molecule has 0 aromatic heterocycles. The number of hydrogen-bond donors (Lipinski definition) is 0. The summed E-state index contributed by atoms with van der Waals surface area (Å²) < 4.78 is 5.39. The second kappa shape index (κ2) is 13.2. The van der Waals surface area contributed by atoms with E-state index < -0.39 is 0 Å². The van der Waals surface area contributed by atoms with Gasteiger partial charge in [-0.3, -0.25) is 4.79 Å². The highest BCUT2D eigenvalue weighted by Crippen LogP contribution is 2.24. The number of ether oxygens (including phenoxy) is 1. The molecule has 1 aliphatic rings. The van der Waals surface area contributed by atoms with Gasteiger partial charge in [0.1, 0.15) is 0 Å². The van der Waals surface area contributed by atoms with Gasteiger partial charge in [0.05, 0.1) is 24.6 Å². The largest absolute Gasteiger partial charge is 0.462 e. The molecule has 1 heterocycles. The number of benzene rings is 2. The molecule has 0 bridgehead atoms. The molecule has 0 spiro atoms. The number of esters is 1. The first-order chi connectivity index (χ1) is 15.1. The number of hydrogen-bond acceptors (Lipinski definition) is 4. The lowest BCUT2D eigenvalue weighted by Gasteiger charge is -2.32. The minimum atomic E-state index is -0.351. The molecule has 0 aliphatic carbocycles. The fourth-order valence-corrected chi connectivity index (χ4v) is 4.06. The summed E-state index contributed by atoms with van der Waals surface area (Å²) in [6, 6.07) is 17.5. The Morgan fingerprint density at radius 2 is 1.69 bits per heavy atom. The summed E-state index contributed by atoms with van der Waals surface area (Å²) in [7, 11) is 1.87. The monoisotopic (exact) mass is 458 g/mol. The molecular weight excluding hydrogens is 424 g/mol. The minimum Gasteiger partial charge on any atom is -0.462 e. The fourth-order valence-electron chi connectivity index (χ4n) is 4.06. The topological polar surface area (TPSA) is 49.9 Å². The number of carbonyl (C=O) groups is 2. The number of likely N-dealkylation sites (tertiary alicyclic amines) is 1. The summed E-state index contributed by atoms with van der Waals surface area (Å²) in [6.07, 6.45) is 4.42. The average Bonchev–Trinajstić information content (AvgIpc) is 3.31. The number of nitrogens with zero attached hydrogens (tertiary/aromatic N) is 2. The third kappa shape index (κ3) is 7.07. The molecule has 1 aliphatic heterocycles. The molecule has 1 saturated heterocycles. The number of rotatable bonds is 10. The van der Waals surface area contributed by atoms with E-state index in [4.69, 9.17) is 4.74 Å². The Morgan fingerprint density at radius 1 is 1.03 bits per heavy atom. The van der Waals surface area contributed by atoms with Crippen LogP contribution < -0.4 is 0 Å². The number of halogens is 1. The minimum absolute atomic E-state index is 0. The lowest BCUT2D eigenvalue weighted by Crippen LogP contribution is -2.39. The Morgan fingerprint density at radius 3 is 2.38 bits per heavy atom. The lowest BCUT2D eigenvalue weighted by atomic mass is 10.0. The molecule has 1 amide bonds. The van der Waals surface area contributed by atoms with Gasteiger partial charge in [0.15, 0.2) is 0 Å². The molecule has 2 aromatic carbocycles. The molecule has 2 aromatic rings. The number of unbranched alkanes of at least 4 members (excludes halogenated alkanes) is 1. The van der Waals surface area contributed by atoms with Crippen molar-refractivity contribution in [1.82, 2.24) is 9.80 Å². The maximum Gasteiger partial charge on any atom is 0.338 e. The van der Waals surface area contributed by atoms with Gasteiger partial charge >= 0.3 is 5.97 Å². The molecule has 0 radical (unpaired) electrons. The zero-order chi connectivity index (χ0) is 22.1. The van der Waals surface area contributed by atoms with Crippen LogP contribution in [0, 0.1) is 0 Å². The van der Waals surface area contributed by atoms with Crippen molar-refractivity contribution in [2.24, 2.45) is 0 Å². The second-order valence-corrected chi connectivity index (χ2v) is 8.26. The summed E-state index contributed by atoms with van der Waals surface area (Å²) in [4.78, 5) is 30.1. The van der Waals surface area contributed by atoms with Crippen LogP contribution in [0.25, 0.3) is 0 Å². The zero-order valence-electron chi connectivity index (χ0n) is 19.2. The molecular formula is C26H35ClN2O3. The molecule has 174 valence electrons. The first-order valence-electron chi connectivity index (χ1n) is 11.4. The van der Waals surface area contributed by atoms with Crippen molar-refractivity contribution in [2.75, 3.05) is 33.3 Å². The number of carbonyl (C=O) groups excluding carboxylic acids is 2. The maximum absolute atomic E-state index is 13.3. The summed E-state index contributed by atoms with van der Waals surface area (Å²) in [5, 5.41) is 0. The Labute approximate surface area is 198 Å². The fraction of sp³-hybridized carbons (Fsp3) is 0.462. The van der Waals surface area contributed by atoms with Crippen molar-refractivity contribution in [3.05, 3.63) is 71.3 Å². The van der Waals surface area contributed by atoms with Crippen LogP contribution in [0.2, 0.25) is 0 Å². The van der Waals surface area contributed by atoms with E-state index in [2.05, 4.69) is 24.0 Å². The first-order valence-corrected chi connectivity index (χ1v) is 11.4. The van der Waals surface area contributed by atoms with Crippen molar-refractivity contribution >= 4 is 24.3 Å². The van der Waals surface area contributed by atoms with Crippen molar-refractivity contribution in [3.63, 3.8) is 0 Å². The highest BCUT2D eigenvalue weighted by atomic mass is 35.5. The third-order valence-electron chi connectivity index (χ3n) is 5.99. The first kappa shape index (κ1) is 25.9. The van der Waals surface area contributed by atoms with Gasteiger partial charge in [-0.05, 0) is 49.5 Å². The van der Waals surface area contributed by atoms with Gasteiger partial charge < -0.3 is 14.5 Å². The molecule has 1 atom stereocenters. The summed E-state index contributed by atoms with van der Waals surface area (Å²) in [5.74, 6) is -0.349. The average molecular weight is 459 g/mol. The number of likely N-dealkylation sites (N-methyl/N-ethyl adjacent to an activating group) is 1. The van der Waals surface area contributed by atoms with E-state index >= 15 is 0 Å². The van der Waals surface area contributed by atoms with Gasteiger partial charge in [-0.15, -0.1) is 12.4 Å². The van der Waals surface area contributed by atoms with Crippen molar-refractivity contribution in [2.45, 2.75) is 45.1 Å². The predicted molar refractivity (Wildman–Crippen MR) is 130 cm³/mol. The van der Waals surface area contributed by atoms with Crippen LogP contribution in [0.5, 0.6) is 0 Å². The summed E-state index contributed by atoms with van der Waals surface area (Å²) in [6.45, 7) is 5.45. The maximum atomic E-state index is 13.3. The zero-order valence-corrected chi connectivity index (χ0v) is 20.0. The predicted octanol–water partition coefficient (Wildman–Crippen LogP) is 4.90. The standard InChI is InChI=1S/C26H34N2O3.ClH/c1-3-4-18-31-26(30)23-15-9-8-14-22(23)19-25(29)27(2)24(20-28-16-10-11-17-28)21-12-6-5-7-13-21;/h5-9,12-15,24H,3-4,10-11,16-20H2,1-2H3;1H. The van der Waals surface area contributed by atoms with E-state index in [9.17, 15) is 9.59 Å². The smallest absolute Gasteiger partial charge is 0.338 e. The second-order valence-electron chi connectivity index (χ2n) is 8.26. The molecule has 1 unspecified atom stereocenters. The quantitative estimate of drug-likeness (QED) is 0.375. The lowest BCUT2D eigenvalue weighted by molar-refractivity contribution is -0.131. The SMILES string of the molecule is CCCCOC(=O)c1ccccc1CC(=O)N(C)C(CN1CCCC1)c1ccccc1.Cl. The summed E-state index contributed by atoms with van der Waals surface area (Å²) in [5.41, 5.74) is 2.34. The molecule has 0 saturated carbocycles. The van der Waals surface area contributed by atoms with Crippen LogP contribution in [0.3, 0.4) is 0 Å². The normalized spacial score (nSPS) is 14.4. The Balaban J connectivity index is 0.00000363.